The van der Waals surface area contributed by atoms with Gasteiger partial charge in [0.2, 0.25) is 0 Å². The first-order valence-electron chi connectivity index (χ1n) is 6.61. The van der Waals surface area contributed by atoms with Crippen molar-refractivity contribution in [2.45, 2.75) is 0 Å². The third kappa shape index (κ3) is 8.54. The molecular formula is C18H12FeN2O4+2. The minimum Gasteiger partial charge on any atom is -0.477 e. The fraction of sp³-hybridized carbons (Fsp3) is 0. The van der Waals surface area contributed by atoms with Crippen molar-refractivity contribution in [1.29, 1.82) is 10.5 Å². The quantitative estimate of drug-likeness (QED) is 0.439. The van der Waals surface area contributed by atoms with Crippen LogP contribution in [0.1, 0.15) is 0 Å². The van der Waals surface area contributed by atoms with E-state index in [2.05, 4.69) is 0 Å². The second kappa shape index (κ2) is 12.3. The molecule has 0 aromatic rings. The molecule has 10 radical (unpaired) electrons. The Kier molecular flexibility index (Phi) is 11.3. The van der Waals surface area contributed by atoms with Crippen molar-refractivity contribution in [2.24, 2.45) is 0 Å². The maximum Gasteiger partial charge on any atom is 2.00 e. The fourth-order valence-corrected chi connectivity index (χ4v) is 1.59. The third-order valence-electron chi connectivity index (χ3n) is 2.70. The van der Waals surface area contributed by atoms with Crippen molar-refractivity contribution in [2.75, 3.05) is 0 Å². The van der Waals surface area contributed by atoms with Gasteiger partial charge in [-0.05, 0) is 51.4 Å². The molecule has 124 valence electrons. The Labute approximate surface area is 158 Å². The van der Waals surface area contributed by atoms with E-state index in [0.717, 1.165) is 11.8 Å². The Morgan fingerprint density at radius 1 is 0.760 bits per heavy atom. The molecule has 0 aromatic heterocycles. The molecule has 0 heterocycles. The van der Waals surface area contributed by atoms with Crippen molar-refractivity contribution >= 4 is 11.9 Å². The van der Waals surface area contributed by atoms with E-state index < -0.39 is 11.9 Å². The first kappa shape index (κ1) is 22.9. The van der Waals surface area contributed by atoms with Crippen LogP contribution < -0.4 is 0 Å². The molecule has 7 heteroatoms. The molecule has 2 fully saturated rings. The molecule has 0 saturated heterocycles. The van der Waals surface area contributed by atoms with Crippen molar-refractivity contribution in [3.8, 4) is 12.1 Å². The van der Waals surface area contributed by atoms with Crippen LogP contribution in [0.5, 0.6) is 0 Å². The van der Waals surface area contributed by atoms with E-state index in [-0.39, 0.29) is 28.2 Å². The first-order chi connectivity index (χ1) is 11.5. The van der Waals surface area contributed by atoms with E-state index >= 15 is 0 Å². The Bertz CT molecular complexity index is 548. The van der Waals surface area contributed by atoms with E-state index in [1.54, 1.807) is 63.5 Å². The molecule has 0 unspecified atom stereocenters. The summed E-state index contributed by atoms with van der Waals surface area (Å²) in [4.78, 5) is 20.7. The van der Waals surface area contributed by atoms with Crippen molar-refractivity contribution in [3.63, 3.8) is 0 Å². The molecule has 2 saturated carbocycles. The number of nitrogens with zero attached hydrogens (tertiary/aromatic N) is 2. The standard InChI is InChI=1S/2C9H6NO2.Fe/c2*10-6-8(9(11)12)5-7-3-1-2-4-7;/h2*1-5H,(H,11,12);/q;;+2/b2*8-5+;. The molecule has 0 spiro atoms. The van der Waals surface area contributed by atoms with Gasteiger partial charge >= 0.3 is 29.0 Å². The topological polar surface area (TPSA) is 122 Å². The summed E-state index contributed by atoms with van der Waals surface area (Å²) in [5.41, 5.74) is -0.498. The summed E-state index contributed by atoms with van der Waals surface area (Å²) in [6, 6.07) is 3.20. The molecule has 0 aromatic carbocycles. The van der Waals surface area contributed by atoms with Crippen LogP contribution in [0.4, 0.5) is 0 Å². The van der Waals surface area contributed by atoms with Crippen LogP contribution in [-0.4, -0.2) is 22.2 Å². The number of aliphatic carboxylic acids is 2. The van der Waals surface area contributed by atoms with E-state index in [9.17, 15) is 9.59 Å². The fourth-order valence-electron chi connectivity index (χ4n) is 1.59. The van der Waals surface area contributed by atoms with Crippen LogP contribution >= 0.6 is 0 Å². The molecule has 2 rings (SSSR count). The Morgan fingerprint density at radius 3 is 1.24 bits per heavy atom. The summed E-state index contributed by atoms with van der Waals surface area (Å²) in [7, 11) is 0. The largest absolute Gasteiger partial charge is 2.00 e. The molecule has 2 N–H and O–H groups in total. The number of nitriles is 2. The molecule has 0 bridgehead atoms. The van der Waals surface area contributed by atoms with Crippen LogP contribution in [0.25, 0.3) is 0 Å². The zero-order valence-electron chi connectivity index (χ0n) is 12.7. The van der Waals surface area contributed by atoms with Gasteiger partial charge in [0.25, 0.3) is 0 Å². The predicted octanol–water partition coefficient (Wildman–Crippen LogP) is 1.85. The number of carbonyl (C=O) groups is 2. The monoisotopic (exact) mass is 376 g/mol. The molecule has 6 nitrogen and oxygen atoms in total. The van der Waals surface area contributed by atoms with Gasteiger partial charge < -0.3 is 10.2 Å². The molecule has 0 amide bonds. The van der Waals surface area contributed by atoms with Crippen LogP contribution in [0, 0.1) is 85.9 Å². The third-order valence-corrected chi connectivity index (χ3v) is 2.70. The van der Waals surface area contributed by atoms with Crippen LogP contribution in [0.3, 0.4) is 0 Å². The first-order valence-corrected chi connectivity index (χ1v) is 6.61. The van der Waals surface area contributed by atoms with Crippen LogP contribution in [-0.2, 0) is 26.7 Å². The number of hydrogen-bond acceptors (Lipinski definition) is 4. The molecule has 0 atom stereocenters. The smallest absolute Gasteiger partial charge is 0.477 e. The van der Waals surface area contributed by atoms with Gasteiger partial charge in [-0.3, -0.25) is 0 Å². The van der Waals surface area contributed by atoms with E-state index in [1.165, 1.54) is 12.2 Å². The Hall–Kier alpha value is -2.08. The number of hydrogen-bond donors (Lipinski definition) is 2. The number of allylic oxidation sites excluding steroid dienone is 2. The molecular weight excluding hydrogens is 364 g/mol. The molecule has 25 heavy (non-hydrogen) atoms. The van der Waals surface area contributed by atoms with Gasteiger partial charge in [0.15, 0.2) is 0 Å². The van der Waals surface area contributed by atoms with Gasteiger partial charge in [0.1, 0.15) is 23.3 Å². The Morgan fingerprint density at radius 2 is 1.04 bits per heavy atom. The van der Waals surface area contributed by atoms with Crippen molar-refractivity contribution in [1.82, 2.24) is 0 Å². The van der Waals surface area contributed by atoms with Crippen molar-refractivity contribution < 1.29 is 36.9 Å². The summed E-state index contributed by atoms with van der Waals surface area (Å²) < 4.78 is 0. The van der Waals surface area contributed by atoms with E-state index in [1.807, 2.05) is 0 Å². The summed E-state index contributed by atoms with van der Waals surface area (Å²) in [5.74, 6) is -0.930. The summed E-state index contributed by atoms with van der Waals surface area (Å²) >= 11 is 0. The van der Waals surface area contributed by atoms with Crippen molar-refractivity contribution in [3.05, 3.63) is 86.5 Å². The zero-order chi connectivity index (χ0) is 17.9. The minimum absolute atomic E-state index is 0. The number of rotatable bonds is 4. The SMILES string of the molecule is N#C/C(=C\[C]1[CH][CH][CH][CH]1)C(=O)O.N#C/C(=C\[C]1[CH][CH][CH][CH]1)C(=O)O.[Fe+2]. The second-order valence-corrected chi connectivity index (χ2v) is 4.39. The average Bonchev–Trinajstić information content (AvgIpc) is 3.23. The molecule has 0 aliphatic heterocycles. The summed E-state index contributed by atoms with van der Waals surface area (Å²) in [5, 5.41) is 33.8. The number of carboxylic acids is 2. The van der Waals surface area contributed by atoms with Gasteiger partial charge in [0.05, 0.1) is 0 Å². The maximum atomic E-state index is 10.4. The van der Waals surface area contributed by atoms with Gasteiger partial charge in [-0.1, -0.05) is 12.2 Å². The maximum absolute atomic E-state index is 10.4. The number of carboxylic acid groups (broad SMARTS) is 2. The van der Waals surface area contributed by atoms with E-state index in [0.29, 0.717) is 0 Å². The minimum atomic E-state index is -1.20. The average molecular weight is 376 g/mol. The summed E-state index contributed by atoms with van der Waals surface area (Å²) in [6.07, 6.45) is 16.7. The second-order valence-electron chi connectivity index (χ2n) is 4.39. The zero-order valence-corrected chi connectivity index (χ0v) is 13.8. The predicted molar refractivity (Wildman–Crippen MR) is 83.5 cm³/mol. The van der Waals surface area contributed by atoms with Gasteiger partial charge in [-0.2, -0.15) is 10.5 Å². The Balaban J connectivity index is 0.000000443. The van der Waals surface area contributed by atoms with Gasteiger partial charge in [0, 0.05) is 11.8 Å². The summed E-state index contributed by atoms with van der Waals surface area (Å²) in [6.45, 7) is 0. The van der Waals surface area contributed by atoms with E-state index in [4.69, 9.17) is 20.7 Å². The van der Waals surface area contributed by atoms with Gasteiger partial charge in [-0.25, -0.2) is 9.59 Å². The normalized spacial score (nSPS) is 18.3. The van der Waals surface area contributed by atoms with Gasteiger partial charge in [-0.15, -0.1) is 0 Å². The van der Waals surface area contributed by atoms with Crippen LogP contribution in [0.2, 0.25) is 0 Å². The molecule has 2 aliphatic rings. The van der Waals surface area contributed by atoms with Crippen LogP contribution in [0.15, 0.2) is 23.3 Å². The molecule has 2 aliphatic carbocycles.